The van der Waals surface area contributed by atoms with Crippen molar-refractivity contribution in [2.24, 2.45) is 5.41 Å². The summed E-state index contributed by atoms with van der Waals surface area (Å²) < 4.78 is 0. The van der Waals surface area contributed by atoms with Crippen LogP contribution in [0.5, 0.6) is 0 Å². The van der Waals surface area contributed by atoms with E-state index in [0.29, 0.717) is 0 Å². The van der Waals surface area contributed by atoms with E-state index >= 15 is 0 Å². The van der Waals surface area contributed by atoms with E-state index in [9.17, 15) is 0 Å². The summed E-state index contributed by atoms with van der Waals surface area (Å²) >= 11 is 0. The maximum Gasteiger partial charge on any atom is 0.0185 e. The molecule has 0 saturated heterocycles. The van der Waals surface area contributed by atoms with Crippen LogP contribution in [0.2, 0.25) is 0 Å². The minimum Gasteiger partial charge on any atom is -0.0648 e. The van der Waals surface area contributed by atoms with Gasteiger partial charge in [-0.15, -0.1) is 0 Å². The van der Waals surface area contributed by atoms with Crippen LogP contribution in [-0.4, -0.2) is 0 Å². The highest BCUT2D eigenvalue weighted by atomic mass is 31.1. The molecule has 2 heteroatoms. The van der Waals surface area contributed by atoms with Crippen LogP contribution in [0.1, 0.15) is 148 Å². The lowest BCUT2D eigenvalue weighted by atomic mass is 9.75. The van der Waals surface area contributed by atoms with Crippen LogP contribution in [0.15, 0.2) is 158 Å². The summed E-state index contributed by atoms with van der Waals surface area (Å²) in [6.45, 7) is 33.0. The monoisotopic (exact) mass is 831 g/mol. The molecule has 60 heavy (non-hydrogen) atoms. The van der Waals surface area contributed by atoms with Gasteiger partial charge in [0, 0.05) is 11.3 Å². The molecular formula is C58H72P2. The van der Waals surface area contributed by atoms with Gasteiger partial charge in [-0.1, -0.05) is 255 Å². The van der Waals surface area contributed by atoms with Gasteiger partial charge in [0.05, 0.1) is 0 Å². The normalized spacial score (nSPS) is 14.9. The van der Waals surface area contributed by atoms with E-state index < -0.39 is 15.8 Å². The molecule has 2 unspecified atom stereocenters. The fourth-order valence-electron chi connectivity index (χ4n) is 8.84. The number of hydrogen-bond acceptors (Lipinski definition) is 0. The van der Waals surface area contributed by atoms with Gasteiger partial charge in [-0.3, -0.25) is 0 Å². The molecule has 0 fully saturated rings. The summed E-state index contributed by atoms with van der Waals surface area (Å²) in [5.74, 6) is 0. The van der Waals surface area contributed by atoms with Crippen LogP contribution in [0.25, 0.3) is 0 Å². The zero-order valence-corrected chi connectivity index (χ0v) is 41.1. The van der Waals surface area contributed by atoms with Crippen molar-refractivity contribution in [1.29, 1.82) is 0 Å². The van der Waals surface area contributed by atoms with Gasteiger partial charge < -0.3 is 0 Å². The molecule has 0 aliphatic rings. The zero-order chi connectivity index (χ0) is 43.7. The molecular weight excluding hydrogens is 759 g/mol. The molecule has 0 N–H and O–H groups in total. The molecule has 0 aliphatic heterocycles. The van der Waals surface area contributed by atoms with Crippen LogP contribution < -0.4 is 21.2 Å². The van der Waals surface area contributed by atoms with Crippen LogP contribution in [0.3, 0.4) is 0 Å². The van der Waals surface area contributed by atoms with Gasteiger partial charge in [-0.05, 0) is 104 Å². The van der Waals surface area contributed by atoms with Crippen LogP contribution in [-0.2, 0) is 21.7 Å². The maximum absolute atomic E-state index is 2.66. The molecule has 0 aromatic heterocycles. The summed E-state index contributed by atoms with van der Waals surface area (Å²) in [5.41, 5.74) is 8.89. The highest BCUT2D eigenvalue weighted by Crippen LogP contribution is 2.70. The first-order valence-corrected chi connectivity index (χ1v) is 25.1. The van der Waals surface area contributed by atoms with E-state index in [1.165, 1.54) is 54.6 Å². The Morgan fingerprint density at radius 2 is 0.533 bits per heavy atom. The number of rotatable bonds is 11. The zero-order valence-electron chi connectivity index (χ0n) is 39.3. The van der Waals surface area contributed by atoms with E-state index in [-0.39, 0.29) is 38.4 Å². The maximum atomic E-state index is 2.66. The topological polar surface area (TPSA) is 0 Å². The van der Waals surface area contributed by atoms with Crippen LogP contribution in [0.4, 0.5) is 0 Å². The second kappa shape index (κ2) is 17.9. The van der Waals surface area contributed by atoms with E-state index in [1.54, 1.807) is 0 Å². The molecule has 0 bridgehead atoms. The fourth-order valence-corrected chi connectivity index (χ4v) is 15.4. The number of hydrogen-bond donors (Lipinski definition) is 0. The Hall–Kier alpha value is -3.82. The quantitative estimate of drug-likeness (QED) is 0.114. The highest BCUT2D eigenvalue weighted by molar-refractivity contribution is 7.74. The van der Waals surface area contributed by atoms with E-state index in [2.05, 4.69) is 255 Å². The van der Waals surface area contributed by atoms with Crippen molar-refractivity contribution in [2.75, 3.05) is 0 Å². The van der Waals surface area contributed by atoms with Crippen LogP contribution in [0, 0.1) is 5.41 Å². The molecule has 0 radical (unpaired) electrons. The Bertz CT molecular complexity index is 1980. The summed E-state index contributed by atoms with van der Waals surface area (Å²) in [6, 6.07) is 62.3. The van der Waals surface area contributed by atoms with Crippen molar-refractivity contribution in [3.63, 3.8) is 0 Å². The lowest BCUT2D eigenvalue weighted by molar-refractivity contribution is 0.286. The first-order chi connectivity index (χ1) is 28.1. The van der Waals surface area contributed by atoms with Gasteiger partial charge in [0.25, 0.3) is 0 Å². The largest absolute Gasteiger partial charge is 0.0648 e. The predicted molar refractivity (Wildman–Crippen MR) is 270 cm³/mol. The molecule has 6 aromatic rings. The summed E-state index contributed by atoms with van der Waals surface area (Å²) in [4.78, 5) is 0. The van der Waals surface area contributed by atoms with Crippen molar-refractivity contribution in [2.45, 2.75) is 136 Å². The van der Waals surface area contributed by atoms with Gasteiger partial charge in [0.2, 0.25) is 0 Å². The average Bonchev–Trinajstić information content (AvgIpc) is 3.21. The summed E-state index contributed by atoms with van der Waals surface area (Å²) in [7, 11) is -1.79. The third kappa shape index (κ3) is 10.1. The Kier molecular flexibility index (Phi) is 13.6. The lowest BCUT2D eigenvalue weighted by Gasteiger charge is -2.50. The Balaban J connectivity index is 1.69. The molecule has 0 heterocycles. The van der Waals surface area contributed by atoms with Crippen molar-refractivity contribution >= 4 is 37.1 Å². The van der Waals surface area contributed by atoms with Gasteiger partial charge in [0.15, 0.2) is 0 Å². The Morgan fingerprint density at radius 1 is 0.317 bits per heavy atom. The number of benzene rings is 6. The van der Waals surface area contributed by atoms with Gasteiger partial charge in [0.1, 0.15) is 0 Å². The Labute approximate surface area is 368 Å². The molecule has 2 atom stereocenters. The third-order valence-electron chi connectivity index (χ3n) is 12.8. The average molecular weight is 831 g/mol. The molecule has 314 valence electrons. The molecule has 0 aliphatic carbocycles. The standard InChI is InChI=1S/C58H72P2/c1-15-58(14,52(42-22-18-16-19-23-42)59(48-34-26-44(27-35-48)54(2,3)4)49-36-28-45(29-37-49)55(5,6)7)53(43-24-20-17-21-25-43)60(50-38-30-46(31-39-50)56(8,9)10)51-40-32-47(33-41-51)57(11,12)13/h16-41,52-53H,15H2,1-14H3. The molecule has 0 nitrogen and oxygen atoms in total. The van der Waals surface area contributed by atoms with E-state index in [0.717, 1.165) is 6.42 Å². The molecule has 0 spiro atoms. The van der Waals surface area contributed by atoms with Gasteiger partial charge in [-0.2, -0.15) is 0 Å². The van der Waals surface area contributed by atoms with Crippen molar-refractivity contribution in [3.8, 4) is 0 Å². The SMILES string of the molecule is CCC(C)(C(c1ccccc1)P(c1ccc(C(C)(C)C)cc1)c1ccc(C(C)(C)C)cc1)C(c1ccccc1)P(c1ccc(C(C)(C)C)cc1)c1ccc(C(C)(C)C)cc1. The Morgan fingerprint density at radius 3 is 0.717 bits per heavy atom. The molecule has 0 amide bonds. The molecule has 6 aromatic carbocycles. The first-order valence-electron chi connectivity index (χ1n) is 22.2. The fraction of sp³-hybridized carbons (Fsp3) is 0.379. The lowest BCUT2D eigenvalue weighted by Crippen LogP contribution is -2.37. The minimum absolute atomic E-state index is 0.0751. The van der Waals surface area contributed by atoms with Crippen molar-refractivity contribution in [3.05, 3.63) is 191 Å². The predicted octanol–water partition coefficient (Wildman–Crippen LogP) is 15.3. The smallest absolute Gasteiger partial charge is 0.0185 e. The second-order valence-electron chi connectivity index (χ2n) is 21.4. The summed E-state index contributed by atoms with van der Waals surface area (Å²) in [5, 5.41) is 5.76. The second-order valence-corrected chi connectivity index (χ2v) is 26.0. The van der Waals surface area contributed by atoms with E-state index in [1.807, 2.05) is 0 Å². The van der Waals surface area contributed by atoms with Gasteiger partial charge >= 0.3 is 0 Å². The van der Waals surface area contributed by atoms with Crippen molar-refractivity contribution < 1.29 is 0 Å². The third-order valence-corrected chi connectivity index (χ3v) is 19.0. The molecule has 6 rings (SSSR count). The van der Waals surface area contributed by atoms with Crippen LogP contribution >= 0.6 is 15.8 Å². The van der Waals surface area contributed by atoms with Gasteiger partial charge in [-0.25, -0.2) is 0 Å². The minimum atomic E-state index is -0.897. The summed E-state index contributed by atoms with van der Waals surface area (Å²) in [6.07, 6.45) is 1.02. The highest BCUT2D eigenvalue weighted by Gasteiger charge is 2.49. The van der Waals surface area contributed by atoms with E-state index in [4.69, 9.17) is 0 Å². The van der Waals surface area contributed by atoms with Crippen molar-refractivity contribution in [1.82, 2.24) is 0 Å². The molecule has 0 saturated carbocycles. The first kappa shape index (κ1) is 45.7.